The fraction of sp³-hybridized carbons (Fsp3) is 0.172. The quantitative estimate of drug-likeness (QED) is 0.341. The van der Waals surface area contributed by atoms with Crippen molar-refractivity contribution < 1.29 is 28.3 Å². The topological polar surface area (TPSA) is 120 Å². The van der Waals surface area contributed by atoms with Gasteiger partial charge in [0, 0.05) is 10.9 Å². The van der Waals surface area contributed by atoms with Gasteiger partial charge in [-0.1, -0.05) is 48.5 Å². The van der Waals surface area contributed by atoms with Gasteiger partial charge in [-0.3, -0.25) is 0 Å². The molecule has 2 aromatic heterocycles. The van der Waals surface area contributed by atoms with Crippen LogP contribution in [0.2, 0.25) is 0 Å². The summed E-state index contributed by atoms with van der Waals surface area (Å²) in [4.78, 5) is 43.7. The van der Waals surface area contributed by atoms with Crippen LogP contribution in [0.15, 0.2) is 88.7 Å². The first kappa shape index (κ1) is 24.8. The molecule has 1 aliphatic heterocycles. The standard InChI is InChI=1S/C29H25N3O6/c1-3-36-28(34)24-21(31-29(35)32-26(24)22-14-9-15-37-22)16-38-27(33)23-17(2)25(18-10-5-4-6-11-18)30-20-13-8-7-12-19(20)23/h4-15,26H,3,16H2,1-2H3,(H2,31,32,35). The second-order valence-corrected chi connectivity index (χ2v) is 8.58. The number of urea groups is 1. The molecule has 4 aromatic rings. The molecule has 0 saturated heterocycles. The normalized spacial score (nSPS) is 15.1. The summed E-state index contributed by atoms with van der Waals surface area (Å²) in [6.45, 7) is 3.25. The molecule has 5 rings (SSSR count). The molecule has 0 spiro atoms. The zero-order valence-corrected chi connectivity index (χ0v) is 20.8. The number of furan rings is 1. The number of para-hydroxylation sites is 1. The summed E-state index contributed by atoms with van der Waals surface area (Å²) in [5, 5.41) is 5.89. The number of esters is 2. The van der Waals surface area contributed by atoms with E-state index in [0.29, 0.717) is 33.5 Å². The summed E-state index contributed by atoms with van der Waals surface area (Å²) in [7, 11) is 0. The molecule has 1 unspecified atom stereocenters. The fourth-order valence-electron chi connectivity index (χ4n) is 4.51. The van der Waals surface area contributed by atoms with E-state index in [2.05, 4.69) is 10.6 Å². The van der Waals surface area contributed by atoms with Crippen molar-refractivity contribution in [2.75, 3.05) is 13.2 Å². The summed E-state index contributed by atoms with van der Waals surface area (Å²) < 4.78 is 16.4. The third kappa shape index (κ3) is 4.73. The van der Waals surface area contributed by atoms with Gasteiger partial charge in [0.2, 0.25) is 0 Å². The highest BCUT2D eigenvalue weighted by Crippen LogP contribution is 2.31. The van der Waals surface area contributed by atoms with Gasteiger partial charge in [-0.2, -0.15) is 0 Å². The van der Waals surface area contributed by atoms with Crippen molar-refractivity contribution in [3.8, 4) is 11.3 Å². The lowest BCUT2D eigenvalue weighted by Gasteiger charge is -2.27. The minimum Gasteiger partial charge on any atom is -0.467 e. The molecule has 0 aliphatic carbocycles. The van der Waals surface area contributed by atoms with E-state index in [1.807, 2.05) is 61.5 Å². The highest BCUT2D eigenvalue weighted by atomic mass is 16.5. The number of rotatable bonds is 7. The summed E-state index contributed by atoms with van der Waals surface area (Å²) in [5.41, 5.74) is 3.39. The fourth-order valence-corrected chi connectivity index (χ4v) is 4.51. The van der Waals surface area contributed by atoms with Crippen molar-refractivity contribution in [2.24, 2.45) is 0 Å². The Balaban J connectivity index is 1.53. The van der Waals surface area contributed by atoms with Crippen LogP contribution in [0.3, 0.4) is 0 Å². The number of nitrogens with one attached hydrogen (secondary N) is 2. The van der Waals surface area contributed by atoms with E-state index < -0.39 is 24.0 Å². The van der Waals surface area contributed by atoms with Crippen molar-refractivity contribution in [3.05, 3.63) is 101 Å². The Morgan fingerprint density at radius 2 is 1.74 bits per heavy atom. The van der Waals surface area contributed by atoms with Crippen LogP contribution in [0.5, 0.6) is 0 Å². The molecule has 0 bridgehead atoms. The minimum absolute atomic E-state index is 0.0930. The Hall–Kier alpha value is -4.92. The zero-order chi connectivity index (χ0) is 26.6. The molecule has 2 aromatic carbocycles. The van der Waals surface area contributed by atoms with Crippen molar-refractivity contribution in [3.63, 3.8) is 0 Å². The van der Waals surface area contributed by atoms with E-state index in [9.17, 15) is 14.4 Å². The number of nitrogens with zero attached hydrogens (tertiary/aromatic N) is 1. The molecule has 0 fully saturated rings. The molecular formula is C29H25N3O6. The van der Waals surface area contributed by atoms with Crippen LogP contribution in [0.4, 0.5) is 4.79 Å². The summed E-state index contributed by atoms with van der Waals surface area (Å²) in [6, 6.07) is 18.7. The maximum atomic E-state index is 13.6. The van der Waals surface area contributed by atoms with Gasteiger partial charge in [0.15, 0.2) is 0 Å². The number of ether oxygens (including phenoxy) is 2. The van der Waals surface area contributed by atoms with Crippen molar-refractivity contribution >= 4 is 28.9 Å². The molecule has 1 aliphatic rings. The molecule has 192 valence electrons. The second kappa shape index (κ2) is 10.6. The van der Waals surface area contributed by atoms with Gasteiger partial charge < -0.3 is 24.5 Å². The van der Waals surface area contributed by atoms with E-state index in [1.165, 1.54) is 6.26 Å². The zero-order valence-electron chi connectivity index (χ0n) is 20.8. The highest BCUT2D eigenvalue weighted by molar-refractivity contribution is 6.06. The number of carbonyl (C=O) groups excluding carboxylic acids is 3. The van der Waals surface area contributed by atoms with Crippen LogP contribution in [0.25, 0.3) is 22.2 Å². The summed E-state index contributed by atoms with van der Waals surface area (Å²) in [5.74, 6) is -0.934. The van der Waals surface area contributed by atoms with E-state index >= 15 is 0 Å². The van der Waals surface area contributed by atoms with Crippen LogP contribution >= 0.6 is 0 Å². The molecule has 9 nitrogen and oxygen atoms in total. The number of fused-ring (bicyclic) bond motifs is 1. The van der Waals surface area contributed by atoms with E-state index in [-0.39, 0.29) is 24.5 Å². The van der Waals surface area contributed by atoms with Gasteiger partial charge >= 0.3 is 18.0 Å². The third-order valence-electron chi connectivity index (χ3n) is 6.21. The number of hydrogen-bond acceptors (Lipinski definition) is 7. The predicted molar refractivity (Wildman–Crippen MR) is 139 cm³/mol. The lowest BCUT2D eigenvalue weighted by atomic mass is 9.97. The third-order valence-corrected chi connectivity index (χ3v) is 6.21. The maximum Gasteiger partial charge on any atom is 0.339 e. The Morgan fingerprint density at radius 3 is 2.47 bits per heavy atom. The Labute approximate surface area is 218 Å². The number of amides is 2. The van der Waals surface area contributed by atoms with E-state index in [1.54, 1.807) is 19.1 Å². The van der Waals surface area contributed by atoms with Crippen molar-refractivity contribution in [1.29, 1.82) is 0 Å². The van der Waals surface area contributed by atoms with Crippen LogP contribution in [0, 0.1) is 6.92 Å². The van der Waals surface area contributed by atoms with Crippen molar-refractivity contribution in [1.82, 2.24) is 15.6 Å². The smallest absolute Gasteiger partial charge is 0.339 e. The monoisotopic (exact) mass is 511 g/mol. The first-order valence-corrected chi connectivity index (χ1v) is 12.1. The summed E-state index contributed by atoms with van der Waals surface area (Å²) >= 11 is 0. The van der Waals surface area contributed by atoms with Crippen LogP contribution in [-0.2, 0) is 14.3 Å². The largest absolute Gasteiger partial charge is 0.467 e. The Morgan fingerprint density at radius 1 is 0.974 bits per heavy atom. The Kier molecular flexibility index (Phi) is 6.90. The first-order valence-electron chi connectivity index (χ1n) is 12.1. The predicted octanol–water partition coefficient (Wildman–Crippen LogP) is 4.83. The van der Waals surface area contributed by atoms with Gasteiger partial charge in [0.05, 0.1) is 40.9 Å². The molecule has 0 radical (unpaired) electrons. The number of pyridine rings is 1. The van der Waals surface area contributed by atoms with Gasteiger partial charge in [0.25, 0.3) is 0 Å². The number of aromatic nitrogens is 1. The van der Waals surface area contributed by atoms with Crippen molar-refractivity contribution in [2.45, 2.75) is 19.9 Å². The van der Waals surface area contributed by atoms with Crippen LogP contribution < -0.4 is 10.6 Å². The minimum atomic E-state index is -0.903. The molecular weight excluding hydrogens is 486 g/mol. The Bertz CT molecular complexity index is 1540. The number of benzene rings is 2. The highest BCUT2D eigenvalue weighted by Gasteiger charge is 2.36. The van der Waals surface area contributed by atoms with Gasteiger partial charge in [0.1, 0.15) is 18.4 Å². The second-order valence-electron chi connectivity index (χ2n) is 8.58. The lowest BCUT2D eigenvalue weighted by Crippen LogP contribution is -2.47. The van der Waals surface area contributed by atoms with Gasteiger partial charge in [-0.15, -0.1) is 0 Å². The molecule has 9 heteroatoms. The molecule has 2 N–H and O–H groups in total. The average molecular weight is 512 g/mol. The van der Waals surface area contributed by atoms with Crippen LogP contribution in [0.1, 0.15) is 34.6 Å². The molecule has 38 heavy (non-hydrogen) atoms. The lowest BCUT2D eigenvalue weighted by molar-refractivity contribution is -0.139. The molecule has 1 atom stereocenters. The van der Waals surface area contributed by atoms with E-state index in [0.717, 1.165) is 5.56 Å². The maximum absolute atomic E-state index is 13.6. The average Bonchev–Trinajstić information content (AvgIpc) is 3.47. The van der Waals surface area contributed by atoms with Gasteiger partial charge in [-0.25, -0.2) is 19.4 Å². The SMILES string of the molecule is CCOC(=O)C1=C(COC(=O)c2c(C)c(-c3ccccc3)nc3ccccc23)NC(=O)NC1c1ccco1. The number of carbonyl (C=O) groups is 3. The van der Waals surface area contributed by atoms with Gasteiger partial charge in [-0.05, 0) is 37.6 Å². The number of hydrogen-bond donors (Lipinski definition) is 2. The van der Waals surface area contributed by atoms with E-state index in [4.69, 9.17) is 18.9 Å². The summed E-state index contributed by atoms with van der Waals surface area (Å²) in [6.07, 6.45) is 1.44. The molecule has 3 heterocycles. The first-order chi connectivity index (χ1) is 18.5. The molecule has 2 amide bonds. The molecule has 0 saturated carbocycles. The van der Waals surface area contributed by atoms with Crippen LogP contribution in [-0.4, -0.2) is 36.2 Å².